The van der Waals surface area contributed by atoms with Crippen LogP contribution >= 0.6 is 0 Å². The highest BCUT2D eigenvalue weighted by Gasteiger charge is 2.26. The van der Waals surface area contributed by atoms with Crippen LogP contribution in [-0.4, -0.2) is 47.6 Å². The van der Waals surface area contributed by atoms with Crippen LogP contribution in [0.4, 0.5) is 8.78 Å². The minimum Gasteiger partial charge on any atom is -0.336 e. The highest BCUT2D eigenvalue weighted by Crippen LogP contribution is 2.18. The number of alkyl halides is 2. The summed E-state index contributed by atoms with van der Waals surface area (Å²) in [6.45, 7) is -2.76. The van der Waals surface area contributed by atoms with E-state index in [9.17, 15) is 13.6 Å². The van der Waals surface area contributed by atoms with Crippen molar-refractivity contribution in [2.75, 3.05) is 7.05 Å². The lowest BCUT2D eigenvalue weighted by molar-refractivity contribution is -0.134. The van der Waals surface area contributed by atoms with Crippen LogP contribution in [-0.2, 0) is 17.8 Å². The maximum absolute atomic E-state index is 13.0. The van der Waals surface area contributed by atoms with E-state index in [1.807, 2.05) is 30.3 Å². The lowest BCUT2D eigenvalue weighted by Crippen LogP contribution is -2.36. The van der Waals surface area contributed by atoms with Crippen molar-refractivity contribution in [3.8, 4) is 0 Å². The molecule has 0 aliphatic carbocycles. The van der Waals surface area contributed by atoms with Crippen molar-refractivity contribution in [3.63, 3.8) is 0 Å². The van der Waals surface area contributed by atoms with E-state index in [1.165, 1.54) is 35.4 Å². The summed E-state index contributed by atoms with van der Waals surface area (Å²) in [5.74, 6) is -0.198. The molecule has 0 saturated carbocycles. The van der Waals surface area contributed by atoms with E-state index in [0.717, 1.165) is 10.1 Å². The zero-order chi connectivity index (χ0) is 18.5. The Morgan fingerprint density at radius 1 is 1.27 bits per heavy atom. The molecule has 1 amide bonds. The molecular formula is C16H17F2N7O. The van der Waals surface area contributed by atoms with Gasteiger partial charge in [-0.3, -0.25) is 9.36 Å². The molecular weight excluding hydrogens is 344 g/mol. The van der Waals surface area contributed by atoms with Gasteiger partial charge in [-0.2, -0.15) is 8.78 Å². The summed E-state index contributed by atoms with van der Waals surface area (Å²) in [7, 11) is 1.54. The van der Waals surface area contributed by atoms with E-state index in [1.54, 1.807) is 0 Å². The summed E-state index contributed by atoms with van der Waals surface area (Å²) in [4.78, 5) is 18.2. The summed E-state index contributed by atoms with van der Waals surface area (Å²) in [6, 6.07) is 8.74. The van der Waals surface area contributed by atoms with Crippen molar-refractivity contribution in [1.82, 2.24) is 34.7 Å². The Kier molecular flexibility index (Phi) is 5.30. The quantitative estimate of drug-likeness (QED) is 0.640. The van der Waals surface area contributed by atoms with Gasteiger partial charge in [0.05, 0.1) is 6.54 Å². The number of hydrogen-bond donors (Lipinski definition) is 0. The van der Waals surface area contributed by atoms with Gasteiger partial charge in [0.15, 0.2) is 0 Å². The van der Waals surface area contributed by atoms with E-state index >= 15 is 0 Å². The molecule has 0 saturated heterocycles. The number of benzene rings is 1. The Labute approximate surface area is 148 Å². The van der Waals surface area contributed by atoms with Crippen molar-refractivity contribution >= 4 is 5.91 Å². The third-order valence-corrected chi connectivity index (χ3v) is 3.96. The fraction of sp³-hybridized carbons (Fsp3) is 0.312. The van der Waals surface area contributed by atoms with Gasteiger partial charge >= 0.3 is 6.55 Å². The summed E-state index contributed by atoms with van der Waals surface area (Å²) in [5.41, 5.74) is 0.934. The monoisotopic (exact) mass is 361 g/mol. The maximum atomic E-state index is 13.0. The molecule has 3 aromatic rings. The largest absolute Gasteiger partial charge is 0.336 e. The molecule has 8 nitrogen and oxygen atoms in total. The average Bonchev–Trinajstić information content (AvgIpc) is 3.31. The predicted molar refractivity (Wildman–Crippen MR) is 87.0 cm³/mol. The second-order valence-electron chi connectivity index (χ2n) is 5.72. The van der Waals surface area contributed by atoms with Crippen molar-refractivity contribution in [3.05, 3.63) is 60.4 Å². The molecule has 136 valence electrons. The van der Waals surface area contributed by atoms with Crippen LogP contribution in [0, 0.1) is 0 Å². The second kappa shape index (κ2) is 7.81. The van der Waals surface area contributed by atoms with Gasteiger partial charge in [-0.1, -0.05) is 30.3 Å². The molecule has 2 aromatic heterocycles. The predicted octanol–water partition coefficient (Wildman–Crippen LogP) is 1.71. The first-order chi connectivity index (χ1) is 12.6. The summed E-state index contributed by atoms with van der Waals surface area (Å²) >= 11 is 0. The van der Waals surface area contributed by atoms with E-state index in [-0.39, 0.29) is 18.3 Å². The zero-order valence-electron chi connectivity index (χ0n) is 14.0. The SMILES string of the molecule is CN(Cc1nccn1C(F)F)C(=O)C(Cc1ccccc1)n1cnnn1. The fourth-order valence-corrected chi connectivity index (χ4v) is 2.63. The Balaban J connectivity index is 1.79. The molecule has 0 spiro atoms. The molecule has 0 aliphatic heterocycles. The lowest BCUT2D eigenvalue weighted by atomic mass is 10.1. The number of nitrogens with zero attached hydrogens (tertiary/aromatic N) is 7. The Hall–Kier alpha value is -3.17. The van der Waals surface area contributed by atoms with E-state index in [2.05, 4.69) is 20.5 Å². The smallest absolute Gasteiger partial charge is 0.319 e. The third-order valence-electron chi connectivity index (χ3n) is 3.96. The zero-order valence-corrected chi connectivity index (χ0v) is 14.0. The minimum atomic E-state index is -2.71. The minimum absolute atomic E-state index is 0.0520. The summed E-state index contributed by atoms with van der Waals surface area (Å²) in [5, 5.41) is 11.0. The number of hydrogen-bond acceptors (Lipinski definition) is 5. The van der Waals surface area contributed by atoms with Crippen LogP contribution in [0.2, 0.25) is 0 Å². The van der Waals surface area contributed by atoms with E-state index < -0.39 is 12.6 Å². The van der Waals surface area contributed by atoms with Crippen LogP contribution in [0.15, 0.2) is 49.1 Å². The first-order valence-electron chi connectivity index (χ1n) is 7.87. The van der Waals surface area contributed by atoms with E-state index in [0.29, 0.717) is 6.42 Å². The number of halogens is 2. The molecule has 26 heavy (non-hydrogen) atoms. The molecule has 0 aliphatic rings. The number of carbonyl (C=O) groups is 1. The Morgan fingerprint density at radius 2 is 2.04 bits per heavy atom. The van der Waals surface area contributed by atoms with Gasteiger partial charge in [0, 0.05) is 25.9 Å². The molecule has 1 unspecified atom stereocenters. The van der Waals surface area contributed by atoms with Crippen molar-refractivity contribution in [1.29, 1.82) is 0 Å². The first kappa shape index (κ1) is 17.6. The molecule has 1 aromatic carbocycles. The number of amides is 1. The Morgan fingerprint density at radius 3 is 2.69 bits per heavy atom. The molecule has 10 heteroatoms. The molecule has 0 radical (unpaired) electrons. The van der Waals surface area contributed by atoms with Crippen LogP contribution in [0.3, 0.4) is 0 Å². The summed E-state index contributed by atoms with van der Waals surface area (Å²) < 4.78 is 28.0. The number of imidazole rings is 1. The van der Waals surface area contributed by atoms with Gasteiger partial charge in [-0.25, -0.2) is 9.67 Å². The molecule has 1 atom stereocenters. The maximum Gasteiger partial charge on any atom is 0.319 e. The Bertz CT molecular complexity index is 835. The van der Waals surface area contributed by atoms with Crippen LogP contribution < -0.4 is 0 Å². The van der Waals surface area contributed by atoms with Crippen molar-refractivity contribution in [2.24, 2.45) is 0 Å². The van der Waals surface area contributed by atoms with E-state index in [4.69, 9.17) is 0 Å². The number of rotatable bonds is 7. The first-order valence-corrected chi connectivity index (χ1v) is 7.87. The number of carbonyl (C=O) groups excluding carboxylic acids is 1. The topological polar surface area (TPSA) is 81.7 Å². The van der Waals surface area contributed by atoms with Crippen LogP contribution in [0.5, 0.6) is 0 Å². The number of tetrazole rings is 1. The number of likely N-dealkylation sites (N-methyl/N-ethyl adjacent to an activating group) is 1. The third kappa shape index (κ3) is 3.90. The summed E-state index contributed by atoms with van der Waals surface area (Å²) in [6.07, 6.45) is 4.20. The normalized spacial score (nSPS) is 12.3. The standard InChI is InChI=1S/C16H17F2N7O/c1-23(10-14-19-7-8-24(14)16(17)18)15(26)13(25-11-20-21-22-25)9-12-5-3-2-4-6-12/h2-8,11,13,16H,9-10H2,1H3. The molecule has 0 fully saturated rings. The number of aromatic nitrogens is 6. The van der Waals surface area contributed by atoms with Crippen molar-refractivity contribution < 1.29 is 13.6 Å². The van der Waals surface area contributed by atoms with Gasteiger partial charge < -0.3 is 4.90 Å². The molecule has 3 rings (SSSR count). The van der Waals surface area contributed by atoms with Crippen LogP contribution in [0.25, 0.3) is 0 Å². The highest BCUT2D eigenvalue weighted by molar-refractivity contribution is 5.80. The molecule has 2 heterocycles. The average molecular weight is 361 g/mol. The fourth-order valence-electron chi connectivity index (χ4n) is 2.63. The van der Waals surface area contributed by atoms with Gasteiger partial charge in [0.25, 0.3) is 0 Å². The molecule has 0 N–H and O–H groups in total. The van der Waals surface area contributed by atoms with Gasteiger partial charge in [-0.15, -0.1) is 5.10 Å². The highest BCUT2D eigenvalue weighted by atomic mass is 19.3. The molecule has 0 bridgehead atoms. The second-order valence-corrected chi connectivity index (χ2v) is 5.72. The van der Waals surface area contributed by atoms with Gasteiger partial charge in [0.2, 0.25) is 5.91 Å². The van der Waals surface area contributed by atoms with Crippen LogP contribution in [0.1, 0.15) is 24.0 Å². The van der Waals surface area contributed by atoms with Crippen molar-refractivity contribution in [2.45, 2.75) is 25.6 Å². The van der Waals surface area contributed by atoms with Gasteiger partial charge in [0.1, 0.15) is 18.2 Å². The van der Waals surface area contributed by atoms with Gasteiger partial charge in [-0.05, 0) is 16.0 Å². The lowest BCUT2D eigenvalue weighted by Gasteiger charge is -2.23.